The highest BCUT2D eigenvalue weighted by atomic mass is 35.5. The molecule has 1 saturated heterocycles. The van der Waals surface area contributed by atoms with Crippen LogP contribution in [-0.4, -0.2) is 42.2 Å². The first kappa shape index (κ1) is 21.5. The second kappa shape index (κ2) is 9.11. The Morgan fingerprint density at radius 2 is 2.00 bits per heavy atom. The minimum absolute atomic E-state index is 0. The molecule has 2 aliphatic heterocycles. The number of pyridine rings is 1. The summed E-state index contributed by atoms with van der Waals surface area (Å²) in [5.41, 5.74) is 1.95. The van der Waals surface area contributed by atoms with Gasteiger partial charge in [0.2, 0.25) is 0 Å². The van der Waals surface area contributed by atoms with Crippen LogP contribution in [-0.2, 0) is 19.6 Å². The molecule has 29 heavy (non-hydrogen) atoms. The van der Waals surface area contributed by atoms with E-state index in [1.807, 2.05) is 27.7 Å². The maximum Gasteiger partial charge on any atom is 0.261 e. The van der Waals surface area contributed by atoms with Gasteiger partial charge in [-0.2, -0.15) is 0 Å². The highest BCUT2D eigenvalue weighted by Gasteiger charge is 2.31. The first-order valence-electron chi connectivity index (χ1n) is 9.59. The number of rotatable bonds is 5. The molecular formula is C19H25Cl2N7O. The van der Waals surface area contributed by atoms with Crippen LogP contribution in [0.5, 0.6) is 0 Å². The average Bonchev–Trinajstić information content (AvgIpc) is 3.35. The smallest absolute Gasteiger partial charge is 0.261 e. The van der Waals surface area contributed by atoms with Crippen LogP contribution >= 0.6 is 24.8 Å². The molecule has 3 aromatic heterocycles. The molecule has 0 aliphatic carbocycles. The first-order valence-corrected chi connectivity index (χ1v) is 9.59. The molecule has 8 nitrogen and oxygen atoms in total. The van der Waals surface area contributed by atoms with Crippen molar-refractivity contribution in [1.82, 2.24) is 34.4 Å². The molecule has 3 aromatic rings. The number of aryl methyl sites for hydroxylation is 2. The highest BCUT2D eigenvalue weighted by Crippen LogP contribution is 2.32. The van der Waals surface area contributed by atoms with Crippen LogP contribution in [0, 0.1) is 5.92 Å². The van der Waals surface area contributed by atoms with Crippen molar-refractivity contribution in [2.24, 2.45) is 5.92 Å². The number of aromatic nitrogens is 6. The fourth-order valence-electron chi connectivity index (χ4n) is 4.45. The number of fused-ring (bicyclic) bond motifs is 4. The van der Waals surface area contributed by atoms with Crippen molar-refractivity contribution in [2.75, 3.05) is 13.1 Å². The van der Waals surface area contributed by atoms with Gasteiger partial charge in [0.1, 0.15) is 5.82 Å². The Morgan fingerprint density at radius 3 is 2.83 bits per heavy atom. The first-order chi connectivity index (χ1) is 13.3. The van der Waals surface area contributed by atoms with Gasteiger partial charge in [0, 0.05) is 56.4 Å². The van der Waals surface area contributed by atoms with Gasteiger partial charge < -0.3 is 14.5 Å². The molecule has 2 bridgehead atoms. The van der Waals surface area contributed by atoms with Crippen LogP contribution in [0.1, 0.15) is 24.5 Å². The van der Waals surface area contributed by atoms with Gasteiger partial charge in [-0.05, 0) is 37.4 Å². The Morgan fingerprint density at radius 1 is 1.10 bits per heavy atom. The normalized spacial score (nSPS) is 19.7. The highest BCUT2D eigenvalue weighted by molar-refractivity contribution is 5.85. The van der Waals surface area contributed by atoms with E-state index < -0.39 is 0 Å². The summed E-state index contributed by atoms with van der Waals surface area (Å²) >= 11 is 0. The third-order valence-corrected chi connectivity index (χ3v) is 5.72. The zero-order chi connectivity index (χ0) is 18.2. The summed E-state index contributed by atoms with van der Waals surface area (Å²) < 4.78 is 5.87. The lowest BCUT2D eigenvalue weighted by Gasteiger charge is -2.37. The number of imidazole rings is 1. The number of hydrogen-bond donors (Lipinski definition) is 1. The van der Waals surface area contributed by atoms with Crippen LogP contribution in [0.2, 0.25) is 0 Å². The summed E-state index contributed by atoms with van der Waals surface area (Å²) in [7, 11) is 0. The van der Waals surface area contributed by atoms with Crippen LogP contribution in [0.15, 0.2) is 41.7 Å². The van der Waals surface area contributed by atoms with Crippen LogP contribution < -0.4 is 10.9 Å². The Bertz CT molecular complexity index is 998. The quantitative estimate of drug-likeness (QED) is 0.659. The van der Waals surface area contributed by atoms with E-state index in [0.29, 0.717) is 17.4 Å². The third kappa shape index (κ3) is 4.10. The number of halogens is 2. The second-order valence-electron chi connectivity index (χ2n) is 7.51. The Kier molecular flexibility index (Phi) is 6.77. The van der Waals surface area contributed by atoms with Gasteiger partial charge in [0.05, 0.1) is 11.8 Å². The van der Waals surface area contributed by atoms with Gasteiger partial charge >= 0.3 is 0 Å². The van der Waals surface area contributed by atoms with Crippen molar-refractivity contribution < 1.29 is 0 Å². The molecule has 5 rings (SSSR count). The Balaban J connectivity index is 0.00000120. The molecule has 156 valence electrons. The lowest BCUT2D eigenvalue weighted by molar-refractivity contribution is 0.257. The van der Waals surface area contributed by atoms with Gasteiger partial charge in [0.15, 0.2) is 0 Å². The number of piperidine rings is 1. The number of nitrogens with one attached hydrogen (secondary N) is 1. The Labute approximate surface area is 181 Å². The predicted octanol–water partition coefficient (Wildman–Crippen LogP) is 1.94. The zero-order valence-corrected chi connectivity index (χ0v) is 17.6. The molecule has 0 unspecified atom stereocenters. The minimum Gasteiger partial charge on any atom is -0.331 e. The minimum atomic E-state index is 0. The second-order valence-corrected chi connectivity index (χ2v) is 7.51. The molecule has 0 saturated carbocycles. The van der Waals surface area contributed by atoms with Gasteiger partial charge in [0.25, 0.3) is 5.56 Å². The maximum absolute atomic E-state index is 13.2. The summed E-state index contributed by atoms with van der Waals surface area (Å²) in [5.74, 6) is 1.75. The predicted molar refractivity (Wildman–Crippen MR) is 115 cm³/mol. The molecule has 0 amide bonds. The number of nitrogens with zero attached hydrogens (tertiary/aromatic N) is 6. The summed E-state index contributed by atoms with van der Waals surface area (Å²) in [5, 5.41) is 11.3. The molecule has 0 radical (unpaired) electrons. The van der Waals surface area contributed by atoms with Crippen LogP contribution in [0.4, 0.5) is 0 Å². The van der Waals surface area contributed by atoms with Crippen molar-refractivity contribution in [1.29, 1.82) is 0 Å². The summed E-state index contributed by atoms with van der Waals surface area (Å²) in [6, 6.07) is 4.08. The lowest BCUT2D eigenvalue weighted by atomic mass is 9.84. The van der Waals surface area contributed by atoms with Gasteiger partial charge in [-0.3, -0.25) is 9.48 Å². The molecule has 10 heteroatoms. The summed E-state index contributed by atoms with van der Waals surface area (Å²) in [4.78, 5) is 17.7. The SMILES string of the molecule is Cl.Cl.O=c1c(-c2nccn2CCCn2ccnn2)ccc2n1C[C@@H]1CNC[C@H]2C1. The standard InChI is InChI=1S/C19H23N7O.2ClH/c27-19-16(2-3-17-15-10-14(11-20-12-15)13-26(17)19)18-21-4-8-24(18)6-1-7-25-9-5-22-23-25;;/h2-5,8-9,14-15,20H,1,6-7,10-13H2;2*1H/t14-,15+;;/m0../s1. The third-order valence-electron chi connectivity index (χ3n) is 5.72. The molecule has 2 atom stereocenters. The largest absolute Gasteiger partial charge is 0.331 e. The summed E-state index contributed by atoms with van der Waals surface area (Å²) in [6.07, 6.45) is 9.33. The molecule has 5 heterocycles. The van der Waals surface area contributed by atoms with Crippen molar-refractivity contribution in [3.05, 3.63) is 53.0 Å². The van der Waals surface area contributed by atoms with Crippen LogP contribution in [0.3, 0.4) is 0 Å². The molecule has 0 aromatic carbocycles. The lowest BCUT2D eigenvalue weighted by Crippen LogP contribution is -2.45. The van der Waals surface area contributed by atoms with E-state index in [2.05, 4.69) is 31.2 Å². The van der Waals surface area contributed by atoms with E-state index in [0.717, 1.165) is 50.7 Å². The molecule has 1 N–H and O–H groups in total. The topological polar surface area (TPSA) is 82.6 Å². The number of hydrogen-bond acceptors (Lipinski definition) is 5. The fourth-order valence-corrected chi connectivity index (χ4v) is 4.45. The van der Waals surface area contributed by atoms with Crippen LogP contribution in [0.25, 0.3) is 11.4 Å². The van der Waals surface area contributed by atoms with Crippen molar-refractivity contribution in [3.63, 3.8) is 0 Å². The van der Waals surface area contributed by atoms with E-state index in [4.69, 9.17) is 0 Å². The molecular weight excluding hydrogens is 413 g/mol. The molecule has 1 fully saturated rings. The maximum atomic E-state index is 13.2. The molecule has 2 aliphatic rings. The van der Waals surface area contributed by atoms with Crippen molar-refractivity contribution >= 4 is 24.8 Å². The van der Waals surface area contributed by atoms with E-state index in [9.17, 15) is 4.79 Å². The zero-order valence-electron chi connectivity index (χ0n) is 16.0. The summed E-state index contributed by atoms with van der Waals surface area (Å²) in [6.45, 7) is 4.34. The fraction of sp³-hybridized carbons (Fsp3) is 0.474. The molecule has 0 spiro atoms. The van der Waals surface area contributed by atoms with Gasteiger partial charge in [-0.15, -0.1) is 29.9 Å². The van der Waals surface area contributed by atoms with Crippen molar-refractivity contribution in [3.8, 4) is 11.4 Å². The van der Waals surface area contributed by atoms with Gasteiger partial charge in [-0.1, -0.05) is 5.21 Å². The van der Waals surface area contributed by atoms with E-state index in [1.165, 1.54) is 6.42 Å². The average molecular weight is 438 g/mol. The van der Waals surface area contributed by atoms with Gasteiger partial charge in [-0.25, -0.2) is 4.98 Å². The van der Waals surface area contributed by atoms with E-state index in [1.54, 1.807) is 12.4 Å². The Hall–Kier alpha value is -2.16. The van der Waals surface area contributed by atoms with E-state index in [-0.39, 0.29) is 30.4 Å². The van der Waals surface area contributed by atoms with Crippen molar-refractivity contribution in [2.45, 2.75) is 38.4 Å². The van der Waals surface area contributed by atoms with E-state index >= 15 is 0 Å². The monoisotopic (exact) mass is 437 g/mol.